The van der Waals surface area contributed by atoms with Crippen molar-refractivity contribution in [3.05, 3.63) is 94.8 Å². The fourth-order valence-corrected chi connectivity index (χ4v) is 5.02. The molecule has 4 aromatic rings. The molecule has 0 unspecified atom stereocenters. The van der Waals surface area contributed by atoms with Crippen LogP contribution in [0, 0.1) is 6.92 Å². The number of ether oxygens (including phenoxy) is 2. The molecular weight excluding hydrogens is 533 g/mol. The highest BCUT2D eigenvalue weighted by atomic mass is 19.4. The Morgan fingerprint density at radius 2 is 1.83 bits per heavy atom. The standard InChI is InChI=1S/C31H31F3N4O3/c1-3-40-30(39)25-18-36-38(29(25)31(32,33)34)28-6-4-5-26(37-28)24-17-20(2)7-12-27(24)41-19-21-8-10-22(11-9-21)23-13-15-35-16-14-23/h4-12,17-18,23,35H,3,13-16,19H2,1-2H3. The van der Waals surface area contributed by atoms with E-state index in [0.717, 1.165) is 43.3 Å². The highest BCUT2D eigenvalue weighted by Crippen LogP contribution is 2.35. The van der Waals surface area contributed by atoms with Crippen LogP contribution >= 0.6 is 0 Å². The summed E-state index contributed by atoms with van der Waals surface area (Å²) in [5.41, 5.74) is 2.40. The Morgan fingerprint density at radius 3 is 2.54 bits per heavy atom. The maximum Gasteiger partial charge on any atom is 0.434 e. The van der Waals surface area contributed by atoms with Gasteiger partial charge in [0, 0.05) is 5.56 Å². The molecule has 1 fully saturated rings. The average Bonchev–Trinajstić information content (AvgIpc) is 3.44. The quantitative estimate of drug-likeness (QED) is 0.247. The summed E-state index contributed by atoms with van der Waals surface area (Å²) in [5, 5.41) is 7.24. The van der Waals surface area contributed by atoms with E-state index < -0.39 is 23.4 Å². The lowest BCUT2D eigenvalue weighted by molar-refractivity contribution is -0.143. The van der Waals surface area contributed by atoms with Crippen molar-refractivity contribution in [1.29, 1.82) is 0 Å². The molecule has 0 radical (unpaired) electrons. The predicted octanol–water partition coefficient (Wildman–Crippen LogP) is 6.48. The van der Waals surface area contributed by atoms with Crippen LogP contribution in [0.4, 0.5) is 13.2 Å². The van der Waals surface area contributed by atoms with Gasteiger partial charge in [-0.25, -0.2) is 14.5 Å². The van der Waals surface area contributed by atoms with Crippen molar-refractivity contribution in [2.75, 3.05) is 19.7 Å². The number of carbonyl (C=O) groups excluding carboxylic acids is 1. The summed E-state index contributed by atoms with van der Waals surface area (Å²) < 4.78 is 53.7. The second-order valence-electron chi connectivity index (χ2n) is 9.97. The van der Waals surface area contributed by atoms with Crippen LogP contribution in [-0.2, 0) is 17.5 Å². The second-order valence-corrected chi connectivity index (χ2v) is 9.97. The van der Waals surface area contributed by atoms with Crippen molar-refractivity contribution in [3.63, 3.8) is 0 Å². The van der Waals surface area contributed by atoms with E-state index in [2.05, 4.69) is 39.7 Å². The largest absolute Gasteiger partial charge is 0.488 e. The number of nitrogens with one attached hydrogen (secondary N) is 1. The zero-order valence-electron chi connectivity index (χ0n) is 22.9. The van der Waals surface area contributed by atoms with Crippen LogP contribution in [0.15, 0.2) is 66.9 Å². The van der Waals surface area contributed by atoms with Gasteiger partial charge in [-0.2, -0.15) is 18.3 Å². The Hall–Kier alpha value is -4.18. The van der Waals surface area contributed by atoms with Gasteiger partial charge in [-0.15, -0.1) is 0 Å². The molecule has 3 heterocycles. The second kappa shape index (κ2) is 12.1. The van der Waals surface area contributed by atoms with E-state index in [1.54, 1.807) is 12.1 Å². The number of carbonyl (C=O) groups is 1. The number of alkyl halides is 3. The Kier molecular flexibility index (Phi) is 8.39. The first-order chi connectivity index (χ1) is 19.7. The molecule has 1 aliphatic rings. The molecule has 0 bridgehead atoms. The third kappa shape index (κ3) is 6.43. The number of pyridine rings is 1. The molecule has 0 amide bonds. The summed E-state index contributed by atoms with van der Waals surface area (Å²) in [6.45, 7) is 5.76. The Labute approximate surface area is 236 Å². The number of piperidine rings is 1. The van der Waals surface area contributed by atoms with Gasteiger partial charge in [0.05, 0.1) is 18.5 Å². The number of benzene rings is 2. The van der Waals surface area contributed by atoms with E-state index in [1.165, 1.54) is 18.6 Å². The molecule has 2 aromatic carbocycles. The number of aryl methyl sites for hydroxylation is 1. The Morgan fingerprint density at radius 1 is 1.07 bits per heavy atom. The maximum absolute atomic E-state index is 14.0. The fraction of sp³-hybridized carbons (Fsp3) is 0.323. The van der Waals surface area contributed by atoms with Crippen molar-refractivity contribution in [3.8, 4) is 22.8 Å². The van der Waals surface area contributed by atoms with E-state index >= 15 is 0 Å². The first kappa shape index (κ1) is 28.4. The third-order valence-corrected chi connectivity index (χ3v) is 7.08. The summed E-state index contributed by atoms with van der Waals surface area (Å²) >= 11 is 0. The molecule has 0 atom stereocenters. The first-order valence-electron chi connectivity index (χ1n) is 13.6. The summed E-state index contributed by atoms with van der Waals surface area (Å²) in [4.78, 5) is 16.7. The smallest absolute Gasteiger partial charge is 0.434 e. The monoisotopic (exact) mass is 564 g/mol. The lowest BCUT2D eigenvalue weighted by Crippen LogP contribution is -2.26. The van der Waals surface area contributed by atoms with E-state index in [4.69, 9.17) is 9.47 Å². The Bertz CT molecular complexity index is 1510. The maximum atomic E-state index is 14.0. The molecule has 0 spiro atoms. The SMILES string of the molecule is CCOC(=O)c1cnn(-c2cccc(-c3cc(C)ccc3OCc3ccc(C4CCNCC4)cc3)n2)c1C(F)(F)F. The highest BCUT2D eigenvalue weighted by molar-refractivity contribution is 5.90. The zero-order chi connectivity index (χ0) is 29.0. The van der Waals surface area contributed by atoms with Gasteiger partial charge in [0.25, 0.3) is 0 Å². The average molecular weight is 565 g/mol. The highest BCUT2D eigenvalue weighted by Gasteiger charge is 2.41. The molecule has 0 saturated carbocycles. The van der Waals surface area contributed by atoms with E-state index in [-0.39, 0.29) is 12.4 Å². The minimum Gasteiger partial charge on any atom is -0.488 e. The van der Waals surface area contributed by atoms with Crippen molar-refractivity contribution >= 4 is 5.97 Å². The molecular formula is C31H31F3N4O3. The number of aromatic nitrogens is 3. The topological polar surface area (TPSA) is 78.3 Å². The van der Waals surface area contributed by atoms with E-state index in [9.17, 15) is 18.0 Å². The van der Waals surface area contributed by atoms with Gasteiger partial charge in [-0.05, 0) is 81.1 Å². The molecule has 214 valence electrons. The van der Waals surface area contributed by atoms with E-state index in [0.29, 0.717) is 34.2 Å². The number of hydrogen-bond acceptors (Lipinski definition) is 6. The summed E-state index contributed by atoms with van der Waals surface area (Å²) in [5.74, 6) is -0.0765. The number of halogens is 3. The molecule has 41 heavy (non-hydrogen) atoms. The molecule has 1 N–H and O–H groups in total. The molecule has 1 aliphatic heterocycles. The minimum absolute atomic E-state index is 0.0619. The molecule has 7 nitrogen and oxygen atoms in total. The summed E-state index contributed by atoms with van der Waals surface area (Å²) in [7, 11) is 0. The Balaban J connectivity index is 1.42. The number of nitrogens with zero attached hydrogens (tertiary/aromatic N) is 3. The van der Waals surface area contributed by atoms with Crippen molar-refractivity contribution in [2.24, 2.45) is 0 Å². The zero-order valence-corrected chi connectivity index (χ0v) is 22.9. The number of esters is 1. The minimum atomic E-state index is -4.86. The molecule has 2 aromatic heterocycles. The summed E-state index contributed by atoms with van der Waals surface area (Å²) in [6.07, 6.45) is -1.76. The van der Waals surface area contributed by atoms with Crippen molar-refractivity contribution < 1.29 is 27.4 Å². The molecule has 10 heteroatoms. The third-order valence-electron chi connectivity index (χ3n) is 7.08. The molecule has 0 aliphatic carbocycles. The van der Waals surface area contributed by atoms with Gasteiger partial charge >= 0.3 is 12.1 Å². The van der Waals surface area contributed by atoms with Gasteiger partial charge in [-0.1, -0.05) is 42.0 Å². The van der Waals surface area contributed by atoms with Crippen LogP contribution < -0.4 is 10.1 Å². The molecule has 5 rings (SSSR count). The van der Waals surface area contributed by atoms with Crippen LogP contribution in [0.3, 0.4) is 0 Å². The van der Waals surface area contributed by atoms with Gasteiger partial charge in [0.1, 0.15) is 17.9 Å². The fourth-order valence-electron chi connectivity index (χ4n) is 5.02. The molecule has 1 saturated heterocycles. The van der Waals surface area contributed by atoms with Gasteiger partial charge in [0.2, 0.25) is 0 Å². The lowest BCUT2D eigenvalue weighted by atomic mass is 9.90. The van der Waals surface area contributed by atoms with Gasteiger partial charge < -0.3 is 14.8 Å². The van der Waals surface area contributed by atoms with Crippen LogP contribution in [0.25, 0.3) is 17.1 Å². The van der Waals surface area contributed by atoms with Crippen LogP contribution in [0.5, 0.6) is 5.75 Å². The van der Waals surface area contributed by atoms with Crippen molar-refractivity contribution in [2.45, 2.75) is 45.4 Å². The first-order valence-corrected chi connectivity index (χ1v) is 13.6. The number of hydrogen-bond donors (Lipinski definition) is 1. The van der Waals surface area contributed by atoms with Crippen LogP contribution in [0.2, 0.25) is 0 Å². The lowest BCUT2D eigenvalue weighted by Gasteiger charge is -2.23. The van der Waals surface area contributed by atoms with Gasteiger partial charge in [0.15, 0.2) is 11.5 Å². The van der Waals surface area contributed by atoms with Gasteiger partial charge in [-0.3, -0.25) is 0 Å². The van der Waals surface area contributed by atoms with Crippen LogP contribution in [-0.4, -0.2) is 40.4 Å². The predicted molar refractivity (Wildman–Crippen MR) is 148 cm³/mol. The summed E-state index contributed by atoms with van der Waals surface area (Å²) in [6, 6.07) is 18.8. The normalized spacial score (nSPS) is 14.2. The van der Waals surface area contributed by atoms with Crippen LogP contribution in [0.1, 0.15) is 58.4 Å². The van der Waals surface area contributed by atoms with Crippen molar-refractivity contribution in [1.82, 2.24) is 20.1 Å². The number of rotatable bonds is 8. The van der Waals surface area contributed by atoms with E-state index in [1.807, 2.05) is 25.1 Å².